The van der Waals surface area contributed by atoms with E-state index in [1.165, 1.54) is 6.07 Å². The fourth-order valence-corrected chi connectivity index (χ4v) is 2.42. The van der Waals surface area contributed by atoms with Gasteiger partial charge < -0.3 is 0 Å². The minimum Gasteiger partial charge on any atom is -0.282 e. The summed E-state index contributed by atoms with van der Waals surface area (Å²) < 4.78 is 26.1. The van der Waals surface area contributed by atoms with Crippen molar-refractivity contribution in [3.8, 4) is 0 Å². The lowest BCUT2D eigenvalue weighted by atomic mass is 10.1. The van der Waals surface area contributed by atoms with Gasteiger partial charge in [0.05, 0.1) is 5.71 Å². The van der Waals surface area contributed by atoms with Crippen LogP contribution in [0, 0.1) is 11.6 Å². The third kappa shape index (κ3) is 1.87. The van der Waals surface area contributed by atoms with Crippen molar-refractivity contribution >= 4 is 5.71 Å². The van der Waals surface area contributed by atoms with Gasteiger partial charge in [-0.15, -0.1) is 0 Å². The van der Waals surface area contributed by atoms with Crippen molar-refractivity contribution in [2.75, 3.05) is 26.7 Å². The van der Waals surface area contributed by atoms with E-state index in [2.05, 4.69) is 15.3 Å². The van der Waals surface area contributed by atoms with E-state index in [4.69, 9.17) is 0 Å². The van der Waals surface area contributed by atoms with E-state index >= 15 is 0 Å². The highest BCUT2D eigenvalue weighted by Gasteiger charge is 2.32. The first-order chi connectivity index (χ1) is 8.65. The molecule has 18 heavy (non-hydrogen) atoms. The Morgan fingerprint density at radius 2 is 2.17 bits per heavy atom. The Morgan fingerprint density at radius 1 is 1.33 bits per heavy atom. The van der Waals surface area contributed by atoms with E-state index in [0.29, 0.717) is 12.1 Å². The molecule has 1 aromatic carbocycles. The summed E-state index contributed by atoms with van der Waals surface area (Å²) in [4.78, 5) is 2.21. The zero-order chi connectivity index (χ0) is 12.7. The zero-order valence-electron chi connectivity index (χ0n) is 10.0. The minimum atomic E-state index is -0.834. The van der Waals surface area contributed by atoms with Gasteiger partial charge in [-0.2, -0.15) is 5.10 Å². The number of fused-ring (bicyclic) bond motifs is 1. The lowest BCUT2D eigenvalue weighted by Gasteiger charge is -2.35. The van der Waals surface area contributed by atoms with Crippen molar-refractivity contribution in [3.05, 3.63) is 35.4 Å². The maximum Gasteiger partial charge on any atom is 0.159 e. The smallest absolute Gasteiger partial charge is 0.159 e. The largest absolute Gasteiger partial charge is 0.282 e. The van der Waals surface area contributed by atoms with Crippen LogP contribution in [0.4, 0.5) is 8.78 Å². The molecule has 1 atom stereocenters. The molecule has 6 heteroatoms. The number of benzene rings is 1. The Hall–Kier alpha value is -1.53. The summed E-state index contributed by atoms with van der Waals surface area (Å²) in [5, 5.41) is 9.55. The molecular formula is C12H14F2N4. The van der Waals surface area contributed by atoms with Gasteiger partial charge in [0.1, 0.15) is 0 Å². The molecule has 96 valence electrons. The first-order valence-electron chi connectivity index (χ1n) is 5.88. The average molecular weight is 252 g/mol. The minimum absolute atomic E-state index is 0.110. The summed E-state index contributed by atoms with van der Waals surface area (Å²) in [6, 6.07) is 3.91. The Bertz CT molecular complexity index is 503. The van der Waals surface area contributed by atoms with Crippen LogP contribution in [0.3, 0.4) is 0 Å². The highest BCUT2D eigenvalue weighted by Crippen LogP contribution is 2.17. The van der Waals surface area contributed by atoms with Crippen LogP contribution in [0.5, 0.6) is 0 Å². The third-order valence-corrected chi connectivity index (χ3v) is 3.31. The molecule has 0 aromatic heterocycles. The van der Waals surface area contributed by atoms with Gasteiger partial charge in [0, 0.05) is 32.2 Å². The van der Waals surface area contributed by atoms with Crippen molar-refractivity contribution in [1.82, 2.24) is 15.2 Å². The maximum absolute atomic E-state index is 13.2. The molecule has 1 fully saturated rings. The molecule has 0 amide bonds. The second kappa shape index (κ2) is 4.29. The lowest BCUT2D eigenvalue weighted by molar-refractivity contribution is 0.0841. The monoisotopic (exact) mass is 252 g/mol. The van der Waals surface area contributed by atoms with Crippen LogP contribution in [0.25, 0.3) is 0 Å². The van der Waals surface area contributed by atoms with Crippen molar-refractivity contribution in [2.45, 2.75) is 6.29 Å². The van der Waals surface area contributed by atoms with Crippen molar-refractivity contribution in [2.24, 2.45) is 5.10 Å². The van der Waals surface area contributed by atoms with Crippen LogP contribution in [0.2, 0.25) is 0 Å². The molecule has 0 saturated carbocycles. The van der Waals surface area contributed by atoms with Crippen LogP contribution in [0.1, 0.15) is 5.56 Å². The Labute approximate surface area is 104 Å². The van der Waals surface area contributed by atoms with E-state index in [0.717, 1.165) is 24.9 Å². The van der Waals surface area contributed by atoms with E-state index in [-0.39, 0.29) is 6.29 Å². The summed E-state index contributed by atoms with van der Waals surface area (Å²) in [6.45, 7) is 2.49. The summed E-state index contributed by atoms with van der Waals surface area (Å²) >= 11 is 0. The van der Waals surface area contributed by atoms with Crippen LogP contribution < -0.4 is 5.32 Å². The van der Waals surface area contributed by atoms with E-state index in [9.17, 15) is 8.78 Å². The third-order valence-electron chi connectivity index (χ3n) is 3.31. The second-order valence-electron chi connectivity index (χ2n) is 4.55. The van der Waals surface area contributed by atoms with Gasteiger partial charge in [0.25, 0.3) is 0 Å². The van der Waals surface area contributed by atoms with Gasteiger partial charge in [0.2, 0.25) is 0 Å². The maximum atomic E-state index is 13.2. The predicted octanol–water partition coefficient (Wildman–Crippen LogP) is 0.803. The van der Waals surface area contributed by atoms with E-state index in [1.807, 2.05) is 12.1 Å². The zero-order valence-corrected chi connectivity index (χ0v) is 10.0. The Morgan fingerprint density at radius 3 is 2.94 bits per heavy atom. The molecule has 0 spiro atoms. The number of halogens is 2. The molecule has 1 unspecified atom stereocenters. The van der Waals surface area contributed by atoms with Gasteiger partial charge in [0.15, 0.2) is 17.9 Å². The molecule has 0 radical (unpaired) electrons. The molecular weight excluding hydrogens is 238 g/mol. The highest BCUT2D eigenvalue weighted by atomic mass is 19.2. The first kappa shape index (κ1) is 11.6. The Kier molecular flexibility index (Phi) is 2.76. The molecule has 2 aliphatic heterocycles. The number of hydrogen-bond donors (Lipinski definition) is 1. The van der Waals surface area contributed by atoms with Crippen molar-refractivity contribution in [3.63, 3.8) is 0 Å². The molecule has 1 N–H and O–H groups in total. The number of rotatable bonds is 1. The summed E-state index contributed by atoms with van der Waals surface area (Å²) in [7, 11) is 1.87. The van der Waals surface area contributed by atoms with Crippen LogP contribution in [0.15, 0.2) is 23.3 Å². The standard InChI is InChI=1S/C12H14F2N4/c1-17-12-15-4-5-18(12)7-11(16-17)8-2-3-9(13)10(14)6-8/h2-3,6,12,15H,4-5,7H2,1H3. The first-order valence-corrected chi connectivity index (χ1v) is 5.88. The summed E-state index contributed by atoms with van der Waals surface area (Å²) in [5.41, 5.74) is 1.39. The van der Waals surface area contributed by atoms with Crippen molar-refractivity contribution in [1.29, 1.82) is 0 Å². The average Bonchev–Trinajstić information content (AvgIpc) is 2.81. The molecule has 2 heterocycles. The summed E-state index contributed by atoms with van der Waals surface area (Å²) in [5.74, 6) is -1.66. The van der Waals surface area contributed by atoms with Crippen LogP contribution in [-0.2, 0) is 0 Å². The van der Waals surface area contributed by atoms with E-state index < -0.39 is 11.6 Å². The molecule has 3 rings (SSSR count). The van der Waals surface area contributed by atoms with Crippen LogP contribution >= 0.6 is 0 Å². The molecule has 0 bridgehead atoms. The highest BCUT2D eigenvalue weighted by molar-refractivity contribution is 6.02. The number of nitrogens with one attached hydrogen (secondary N) is 1. The van der Waals surface area contributed by atoms with Crippen LogP contribution in [-0.4, -0.2) is 48.6 Å². The predicted molar refractivity (Wildman–Crippen MR) is 64.0 cm³/mol. The second-order valence-corrected chi connectivity index (χ2v) is 4.55. The fourth-order valence-electron chi connectivity index (χ4n) is 2.42. The Balaban J connectivity index is 1.92. The molecule has 1 saturated heterocycles. The molecule has 4 nitrogen and oxygen atoms in total. The number of hydrazone groups is 1. The molecule has 0 aliphatic carbocycles. The van der Waals surface area contributed by atoms with Gasteiger partial charge >= 0.3 is 0 Å². The quantitative estimate of drug-likeness (QED) is 0.802. The molecule has 2 aliphatic rings. The topological polar surface area (TPSA) is 30.9 Å². The molecule has 1 aromatic rings. The SMILES string of the molecule is CN1N=C(c2ccc(F)c(F)c2)CN2CCNC21. The normalized spacial score (nSPS) is 24.1. The van der Waals surface area contributed by atoms with E-state index in [1.54, 1.807) is 6.07 Å². The fraction of sp³-hybridized carbons (Fsp3) is 0.417. The number of nitrogens with zero attached hydrogens (tertiary/aromatic N) is 3. The summed E-state index contributed by atoms with van der Waals surface area (Å²) in [6.07, 6.45) is 0.110. The lowest BCUT2D eigenvalue weighted by Crippen LogP contribution is -2.52. The van der Waals surface area contributed by atoms with Gasteiger partial charge in [-0.05, 0) is 18.2 Å². The number of hydrogen-bond acceptors (Lipinski definition) is 4. The van der Waals surface area contributed by atoms with Gasteiger partial charge in [-0.25, -0.2) is 8.78 Å². The van der Waals surface area contributed by atoms with Crippen molar-refractivity contribution < 1.29 is 8.78 Å². The van der Waals surface area contributed by atoms with Gasteiger partial charge in [-0.1, -0.05) is 0 Å². The van der Waals surface area contributed by atoms with Gasteiger partial charge in [-0.3, -0.25) is 15.2 Å².